The summed E-state index contributed by atoms with van der Waals surface area (Å²) in [7, 11) is 0. The molecule has 0 bridgehead atoms. The molecule has 0 aromatic carbocycles. The van der Waals surface area contributed by atoms with E-state index in [9.17, 15) is 5.26 Å². The second kappa shape index (κ2) is 5.02. The van der Waals surface area contributed by atoms with Crippen molar-refractivity contribution in [2.75, 3.05) is 5.32 Å². The van der Waals surface area contributed by atoms with E-state index in [1.165, 1.54) is 0 Å². The SMILES string of the molecule is Cc1ccc(Nc2nnc(C)c(C)c2C#N)c(C)n1. The number of pyridine rings is 1. The first-order valence-electron chi connectivity index (χ1n) is 5.98. The minimum absolute atomic E-state index is 0.472. The lowest BCUT2D eigenvalue weighted by atomic mass is 10.1. The molecule has 5 heteroatoms. The standard InChI is InChI=1S/C14H15N5/c1-8-5-6-13(11(4)16-8)17-14-12(7-15)9(2)10(3)18-19-14/h5-6H,1-4H3,(H,17,19). The molecule has 0 saturated heterocycles. The summed E-state index contributed by atoms with van der Waals surface area (Å²) in [6.45, 7) is 7.56. The molecule has 0 amide bonds. The van der Waals surface area contributed by atoms with Gasteiger partial charge in [0.15, 0.2) is 5.82 Å². The van der Waals surface area contributed by atoms with Gasteiger partial charge in [0.25, 0.3) is 0 Å². The third kappa shape index (κ3) is 2.52. The normalized spacial score (nSPS) is 10.1. The Morgan fingerprint density at radius 3 is 2.42 bits per heavy atom. The molecule has 0 aliphatic heterocycles. The Bertz CT molecular complexity index is 670. The predicted molar refractivity (Wildman–Crippen MR) is 73.2 cm³/mol. The Balaban J connectivity index is 2.44. The van der Waals surface area contributed by atoms with E-state index in [0.29, 0.717) is 11.4 Å². The minimum Gasteiger partial charge on any atom is -0.336 e. The molecule has 0 atom stereocenters. The zero-order valence-corrected chi connectivity index (χ0v) is 11.4. The molecule has 0 aliphatic carbocycles. The maximum Gasteiger partial charge on any atom is 0.171 e. The first-order valence-corrected chi connectivity index (χ1v) is 5.98. The average Bonchev–Trinajstić information content (AvgIpc) is 2.37. The van der Waals surface area contributed by atoms with Gasteiger partial charge in [-0.05, 0) is 45.4 Å². The van der Waals surface area contributed by atoms with Gasteiger partial charge in [-0.1, -0.05) is 0 Å². The zero-order valence-electron chi connectivity index (χ0n) is 11.4. The number of nitrogens with one attached hydrogen (secondary N) is 1. The van der Waals surface area contributed by atoms with Crippen LogP contribution in [0.1, 0.15) is 28.2 Å². The van der Waals surface area contributed by atoms with Gasteiger partial charge in [0.1, 0.15) is 11.6 Å². The molecular weight excluding hydrogens is 238 g/mol. The van der Waals surface area contributed by atoms with Gasteiger partial charge < -0.3 is 5.32 Å². The van der Waals surface area contributed by atoms with Crippen molar-refractivity contribution in [1.29, 1.82) is 5.26 Å². The van der Waals surface area contributed by atoms with Gasteiger partial charge >= 0.3 is 0 Å². The van der Waals surface area contributed by atoms with Gasteiger partial charge in [-0.25, -0.2) is 0 Å². The molecule has 19 heavy (non-hydrogen) atoms. The summed E-state index contributed by atoms with van der Waals surface area (Å²) in [4.78, 5) is 4.37. The fourth-order valence-corrected chi connectivity index (χ4v) is 1.78. The molecule has 0 radical (unpaired) electrons. The summed E-state index contributed by atoms with van der Waals surface area (Å²) in [6, 6.07) is 6.01. The highest BCUT2D eigenvalue weighted by atomic mass is 15.2. The number of nitriles is 1. The van der Waals surface area contributed by atoms with Crippen LogP contribution in [-0.4, -0.2) is 15.2 Å². The molecule has 5 nitrogen and oxygen atoms in total. The summed E-state index contributed by atoms with van der Waals surface area (Å²) in [6.07, 6.45) is 0. The highest BCUT2D eigenvalue weighted by molar-refractivity contribution is 5.65. The summed E-state index contributed by atoms with van der Waals surface area (Å²) in [5.74, 6) is 0.472. The second-order valence-corrected chi connectivity index (χ2v) is 4.46. The van der Waals surface area contributed by atoms with Crippen LogP contribution in [0.5, 0.6) is 0 Å². The number of rotatable bonds is 2. The van der Waals surface area contributed by atoms with Crippen LogP contribution in [0, 0.1) is 39.0 Å². The van der Waals surface area contributed by atoms with Crippen LogP contribution in [0.4, 0.5) is 11.5 Å². The van der Waals surface area contributed by atoms with Gasteiger partial charge in [-0.2, -0.15) is 10.4 Å². The van der Waals surface area contributed by atoms with E-state index in [0.717, 1.165) is 28.3 Å². The van der Waals surface area contributed by atoms with Gasteiger partial charge in [-0.15, -0.1) is 5.10 Å². The van der Waals surface area contributed by atoms with Crippen molar-refractivity contribution in [3.8, 4) is 6.07 Å². The number of aryl methyl sites for hydroxylation is 3. The van der Waals surface area contributed by atoms with Crippen molar-refractivity contribution in [3.05, 3.63) is 40.3 Å². The summed E-state index contributed by atoms with van der Waals surface area (Å²) >= 11 is 0. The van der Waals surface area contributed by atoms with Crippen molar-refractivity contribution in [2.45, 2.75) is 27.7 Å². The molecule has 0 spiro atoms. The van der Waals surface area contributed by atoms with E-state index in [1.807, 2.05) is 39.8 Å². The van der Waals surface area contributed by atoms with Crippen LogP contribution in [0.2, 0.25) is 0 Å². The lowest BCUT2D eigenvalue weighted by Crippen LogP contribution is -2.05. The van der Waals surface area contributed by atoms with Gasteiger partial charge in [0.05, 0.1) is 17.1 Å². The molecule has 2 heterocycles. The van der Waals surface area contributed by atoms with Gasteiger partial charge in [0.2, 0.25) is 0 Å². The maximum absolute atomic E-state index is 9.24. The predicted octanol–water partition coefficient (Wildman–Crippen LogP) is 2.72. The van der Waals surface area contributed by atoms with Gasteiger partial charge in [0, 0.05) is 5.69 Å². The van der Waals surface area contributed by atoms with E-state index in [-0.39, 0.29) is 0 Å². The Morgan fingerprint density at radius 1 is 1.05 bits per heavy atom. The fraction of sp³-hybridized carbons (Fsp3) is 0.286. The molecule has 2 rings (SSSR count). The van der Waals surface area contributed by atoms with Crippen molar-refractivity contribution >= 4 is 11.5 Å². The summed E-state index contributed by atoms with van der Waals surface area (Å²) in [5, 5.41) is 20.5. The number of anilines is 2. The van der Waals surface area contributed by atoms with E-state index < -0.39 is 0 Å². The molecule has 96 valence electrons. The van der Waals surface area contributed by atoms with E-state index in [2.05, 4.69) is 26.6 Å². The Hall–Kier alpha value is -2.48. The third-order valence-corrected chi connectivity index (χ3v) is 3.04. The van der Waals surface area contributed by atoms with Crippen molar-refractivity contribution < 1.29 is 0 Å². The number of aromatic nitrogens is 3. The molecule has 2 aromatic rings. The largest absolute Gasteiger partial charge is 0.336 e. The van der Waals surface area contributed by atoms with Crippen molar-refractivity contribution in [1.82, 2.24) is 15.2 Å². The quantitative estimate of drug-likeness (QED) is 0.890. The lowest BCUT2D eigenvalue weighted by Gasteiger charge is -2.11. The number of hydrogen-bond acceptors (Lipinski definition) is 5. The summed E-state index contributed by atoms with van der Waals surface area (Å²) in [5.41, 5.74) is 4.78. The monoisotopic (exact) mass is 253 g/mol. The number of nitrogens with zero attached hydrogens (tertiary/aromatic N) is 4. The van der Waals surface area contributed by atoms with Crippen LogP contribution in [0.15, 0.2) is 12.1 Å². The second-order valence-electron chi connectivity index (χ2n) is 4.46. The Kier molecular flexibility index (Phi) is 3.43. The molecule has 1 N–H and O–H groups in total. The topological polar surface area (TPSA) is 74.5 Å². The average molecular weight is 253 g/mol. The van der Waals surface area contributed by atoms with Gasteiger partial charge in [-0.3, -0.25) is 4.98 Å². The highest BCUT2D eigenvalue weighted by Gasteiger charge is 2.12. The fourth-order valence-electron chi connectivity index (χ4n) is 1.78. The first kappa shape index (κ1) is 13.0. The molecular formula is C14H15N5. The van der Waals surface area contributed by atoms with Crippen LogP contribution in [0.3, 0.4) is 0 Å². The van der Waals surface area contributed by atoms with Crippen molar-refractivity contribution in [3.63, 3.8) is 0 Å². The Labute approximate surface area is 112 Å². The third-order valence-electron chi connectivity index (χ3n) is 3.04. The molecule has 0 saturated carbocycles. The van der Waals surface area contributed by atoms with Crippen LogP contribution >= 0.6 is 0 Å². The minimum atomic E-state index is 0.472. The lowest BCUT2D eigenvalue weighted by molar-refractivity contribution is 0.959. The molecule has 0 aliphatic rings. The zero-order chi connectivity index (χ0) is 14.0. The van der Waals surface area contributed by atoms with E-state index in [1.54, 1.807) is 0 Å². The van der Waals surface area contributed by atoms with Crippen molar-refractivity contribution in [2.24, 2.45) is 0 Å². The molecule has 0 fully saturated rings. The first-order chi connectivity index (χ1) is 9.02. The van der Waals surface area contributed by atoms with E-state index >= 15 is 0 Å². The Morgan fingerprint density at radius 2 is 1.79 bits per heavy atom. The molecule has 0 unspecified atom stereocenters. The highest BCUT2D eigenvalue weighted by Crippen LogP contribution is 2.23. The van der Waals surface area contributed by atoms with E-state index in [4.69, 9.17) is 0 Å². The number of hydrogen-bond donors (Lipinski definition) is 1. The molecule has 2 aromatic heterocycles. The summed E-state index contributed by atoms with van der Waals surface area (Å²) < 4.78 is 0. The smallest absolute Gasteiger partial charge is 0.171 e. The van der Waals surface area contributed by atoms with Crippen LogP contribution in [0.25, 0.3) is 0 Å². The van der Waals surface area contributed by atoms with Crippen LogP contribution in [-0.2, 0) is 0 Å². The maximum atomic E-state index is 9.24. The van der Waals surface area contributed by atoms with Crippen LogP contribution < -0.4 is 5.32 Å².